The highest BCUT2D eigenvalue weighted by atomic mass is 16.1. The van der Waals surface area contributed by atoms with Crippen LogP contribution in [0.3, 0.4) is 0 Å². The lowest BCUT2D eigenvalue weighted by Crippen LogP contribution is -2.17. The number of aryl methyl sites for hydroxylation is 1. The van der Waals surface area contributed by atoms with E-state index >= 15 is 0 Å². The Bertz CT molecular complexity index is 1430. The molecule has 4 N–H and O–H groups in total. The molecule has 0 saturated heterocycles. The molecule has 3 aromatic carbocycles. The first kappa shape index (κ1) is 26.4. The van der Waals surface area contributed by atoms with Gasteiger partial charge in [-0.1, -0.05) is 78.9 Å². The Morgan fingerprint density at radius 2 is 1.71 bits per heavy atom. The number of hydrogen-bond donors (Lipinski definition) is 3. The Hall–Kier alpha value is -4.64. The average molecular weight is 503 g/mol. The maximum Gasteiger partial charge on any atom is 0.247 e. The third kappa shape index (κ3) is 7.68. The van der Waals surface area contributed by atoms with Gasteiger partial charge in [-0.25, -0.2) is 4.98 Å². The van der Waals surface area contributed by atoms with Gasteiger partial charge in [0.25, 0.3) is 0 Å². The van der Waals surface area contributed by atoms with E-state index in [-0.39, 0.29) is 11.9 Å². The molecule has 0 fully saturated rings. The fourth-order valence-electron chi connectivity index (χ4n) is 4.29. The Morgan fingerprint density at radius 3 is 2.45 bits per heavy atom. The van der Waals surface area contributed by atoms with Crippen LogP contribution in [-0.4, -0.2) is 16.9 Å². The molecule has 1 atom stereocenters. The van der Waals surface area contributed by atoms with Crippen molar-refractivity contribution in [1.82, 2.24) is 4.98 Å². The lowest BCUT2D eigenvalue weighted by molar-refractivity contribution is -0.111. The van der Waals surface area contributed by atoms with Crippen molar-refractivity contribution in [1.29, 1.82) is 0 Å². The quantitative estimate of drug-likeness (QED) is 0.212. The SMILES string of the molecule is C=CC(=O)Nc1cccc(-c2cc(Cc3ccccc3)cc(NC(C)/C=C(\N)Cc3ccc(C)cc3)n2)c1. The number of amides is 1. The summed E-state index contributed by atoms with van der Waals surface area (Å²) in [5, 5.41) is 6.33. The molecule has 5 nitrogen and oxygen atoms in total. The largest absolute Gasteiger partial charge is 0.402 e. The van der Waals surface area contributed by atoms with Gasteiger partial charge in [0, 0.05) is 29.4 Å². The molecule has 192 valence electrons. The minimum atomic E-state index is -0.251. The number of aromatic nitrogens is 1. The second-order valence-corrected chi connectivity index (χ2v) is 9.52. The van der Waals surface area contributed by atoms with Crippen LogP contribution in [0.15, 0.2) is 115 Å². The van der Waals surface area contributed by atoms with Gasteiger partial charge in [-0.3, -0.25) is 4.79 Å². The average Bonchev–Trinajstić information content (AvgIpc) is 2.90. The number of pyridine rings is 1. The summed E-state index contributed by atoms with van der Waals surface area (Å²) in [4.78, 5) is 16.7. The van der Waals surface area contributed by atoms with Gasteiger partial charge in [-0.2, -0.15) is 0 Å². The summed E-state index contributed by atoms with van der Waals surface area (Å²) in [7, 11) is 0. The van der Waals surface area contributed by atoms with Crippen molar-refractivity contribution in [3.63, 3.8) is 0 Å². The van der Waals surface area contributed by atoms with Crippen LogP contribution in [0.25, 0.3) is 11.3 Å². The lowest BCUT2D eigenvalue weighted by atomic mass is 10.0. The van der Waals surface area contributed by atoms with E-state index < -0.39 is 0 Å². The van der Waals surface area contributed by atoms with E-state index in [1.807, 2.05) is 48.5 Å². The number of benzene rings is 3. The Labute approximate surface area is 225 Å². The predicted octanol–water partition coefficient (Wildman–Crippen LogP) is 6.66. The highest BCUT2D eigenvalue weighted by Crippen LogP contribution is 2.26. The zero-order valence-corrected chi connectivity index (χ0v) is 21.9. The fraction of sp³-hybridized carbons (Fsp3) is 0.152. The molecular weight excluding hydrogens is 468 g/mol. The van der Waals surface area contributed by atoms with Crippen molar-refractivity contribution >= 4 is 17.4 Å². The molecule has 0 saturated carbocycles. The monoisotopic (exact) mass is 502 g/mol. The van der Waals surface area contributed by atoms with E-state index in [1.165, 1.54) is 22.8 Å². The summed E-state index contributed by atoms with van der Waals surface area (Å²) in [5.74, 6) is 0.514. The topological polar surface area (TPSA) is 80.0 Å². The molecule has 5 heteroatoms. The van der Waals surface area contributed by atoms with Gasteiger partial charge in [-0.15, -0.1) is 0 Å². The highest BCUT2D eigenvalue weighted by molar-refractivity contribution is 5.99. The van der Waals surface area contributed by atoms with Crippen LogP contribution in [0.1, 0.15) is 29.2 Å². The van der Waals surface area contributed by atoms with Crippen LogP contribution < -0.4 is 16.4 Å². The van der Waals surface area contributed by atoms with Crippen LogP contribution in [0.4, 0.5) is 11.5 Å². The van der Waals surface area contributed by atoms with E-state index in [1.54, 1.807) is 0 Å². The van der Waals surface area contributed by atoms with Crippen molar-refractivity contribution in [3.05, 3.63) is 138 Å². The summed E-state index contributed by atoms with van der Waals surface area (Å²) in [5.41, 5.74) is 14.4. The zero-order chi connectivity index (χ0) is 26.9. The van der Waals surface area contributed by atoms with Gasteiger partial charge in [0.05, 0.1) is 5.69 Å². The van der Waals surface area contributed by atoms with E-state index in [0.29, 0.717) is 12.1 Å². The maximum atomic E-state index is 11.8. The molecule has 1 aromatic heterocycles. The van der Waals surface area contributed by atoms with Gasteiger partial charge < -0.3 is 16.4 Å². The smallest absolute Gasteiger partial charge is 0.247 e. The Kier molecular flexibility index (Phi) is 8.73. The molecule has 4 aromatic rings. The molecule has 0 aliphatic carbocycles. The van der Waals surface area contributed by atoms with Gasteiger partial charge in [-0.05, 0) is 73.4 Å². The molecule has 0 spiro atoms. The van der Waals surface area contributed by atoms with E-state index in [4.69, 9.17) is 10.7 Å². The van der Waals surface area contributed by atoms with Crippen molar-refractivity contribution < 1.29 is 4.79 Å². The van der Waals surface area contributed by atoms with Crippen LogP contribution in [0, 0.1) is 6.92 Å². The molecule has 0 bridgehead atoms. The number of carbonyl (C=O) groups excluding carboxylic acids is 1. The van der Waals surface area contributed by atoms with Crippen molar-refractivity contribution in [2.45, 2.75) is 32.7 Å². The second-order valence-electron chi connectivity index (χ2n) is 9.52. The number of nitrogens with one attached hydrogen (secondary N) is 2. The molecule has 38 heavy (non-hydrogen) atoms. The van der Waals surface area contributed by atoms with E-state index in [0.717, 1.165) is 34.8 Å². The third-order valence-corrected chi connectivity index (χ3v) is 6.12. The summed E-state index contributed by atoms with van der Waals surface area (Å²) in [6.45, 7) is 7.68. The molecule has 0 aliphatic rings. The number of rotatable bonds is 10. The van der Waals surface area contributed by atoms with Gasteiger partial charge >= 0.3 is 0 Å². The maximum absolute atomic E-state index is 11.8. The van der Waals surface area contributed by atoms with E-state index in [2.05, 4.69) is 79.6 Å². The van der Waals surface area contributed by atoms with Gasteiger partial charge in [0.1, 0.15) is 5.82 Å². The highest BCUT2D eigenvalue weighted by Gasteiger charge is 2.10. The molecule has 4 rings (SSSR count). The molecular formula is C33H34N4O. The summed E-state index contributed by atoms with van der Waals surface area (Å²) >= 11 is 0. The normalized spacial score (nSPS) is 12.0. The first-order valence-electron chi connectivity index (χ1n) is 12.7. The first-order valence-corrected chi connectivity index (χ1v) is 12.7. The number of anilines is 2. The predicted molar refractivity (Wildman–Crippen MR) is 158 cm³/mol. The van der Waals surface area contributed by atoms with Gasteiger partial charge in [0.2, 0.25) is 5.91 Å². The van der Waals surface area contributed by atoms with Crippen molar-refractivity contribution in [2.24, 2.45) is 5.73 Å². The van der Waals surface area contributed by atoms with Crippen LogP contribution in [-0.2, 0) is 17.6 Å². The van der Waals surface area contributed by atoms with Crippen LogP contribution in [0.5, 0.6) is 0 Å². The summed E-state index contributed by atoms with van der Waals surface area (Å²) < 4.78 is 0. The minimum absolute atomic E-state index is 0.0222. The van der Waals surface area contributed by atoms with Crippen molar-refractivity contribution in [3.8, 4) is 11.3 Å². The third-order valence-electron chi connectivity index (χ3n) is 6.12. The number of nitrogens with two attached hydrogens (primary N) is 1. The molecule has 0 aliphatic heterocycles. The van der Waals surface area contributed by atoms with E-state index in [9.17, 15) is 4.79 Å². The minimum Gasteiger partial charge on any atom is -0.402 e. The molecule has 1 amide bonds. The van der Waals surface area contributed by atoms with Crippen LogP contribution in [0.2, 0.25) is 0 Å². The Balaban J connectivity index is 1.60. The molecule has 1 heterocycles. The number of carbonyl (C=O) groups is 1. The first-order chi connectivity index (χ1) is 18.4. The molecule has 0 radical (unpaired) electrons. The zero-order valence-electron chi connectivity index (χ0n) is 21.9. The summed E-state index contributed by atoms with van der Waals surface area (Å²) in [6.07, 6.45) is 4.77. The second kappa shape index (κ2) is 12.5. The van der Waals surface area contributed by atoms with Crippen molar-refractivity contribution in [2.75, 3.05) is 10.6 Å². The summed E-state index contributed by atoms with van der Waals surface area (Å²) in [6, 6.07) is 30.6. The fourth-order valence-corrected chi connectivity index (χ4v) is 4.29. The van der Waals surface area contributed by atoms with Crippen LogP contribution >= 0.6 is 0 Å². The number of allylic oxidation sites excluding steroid dienone is 1. The standard InChI is InChI=1S/C33H34N4O/c1-4-33(38)36-30-12-8-11-28(22-30)31-20-27(18-25-9-6-5-7-10-25)21-32(37-31)35-24(3)17-29(34)19-26-15-13-23(2)14-16-26/h4-17,20-22,24H,1,18-19,34H2,2-3H3,(H,35,37)(H,36,38)/b29-17-. The lowest BCUT2D eigenvalue weighted by Gasteiger charge is -2.16. The van der Waals surface area contributed by atoms with Gasteiger partial charge in [0.15, 0.2) is 0 Å². The molecule has 1 unspecified atom stereocenters. The number of nitrogens with zero attached hydrogens (tertiary/aromatic N) is 1. The Morgan fingerprint density at radius 1 is 0.947 bits per heavy atom. The number of hydrogen-bond acceptors (Lipinski definition) is 4.